The Morgan fingerprint density at radius 3 is 2.29 bits per heavy atom. The zero-order chi connectivity index (χ0) is 13.4. The van der Waals surface area contributed by atoms with Crippen molar-refractivity contribution in [3.63, 3.8) is 0 Å². The van der Waals surface area contributed by atoms with Gasteiger partial charge in [0.1, 0.15) is 5.15 Å². The smallest absolute Gasteiger partial charge is 0.326 e. The van der Waals surface area contributed by atoms with Gasteiger partial charge in [-0.05, 0) is 26.7 Å². The van der Waals surface area contributed by atoms with Gasteiger partial charge in [0.05, 0.1) is 0 Å². The number of aryl methyl sites for hydroxylation is 1. The summed E-state index contributed by atoms with van der Waals surface area (Å²) in [6.07, 6.45) is -3.93. The number of aromatic nitrogens is 2. The van der Waals surface area contributed by atoms with E-state index in [1.54, 1.807) is 13.8 Å². The van der Waals surface area contributed by atoms with Gasteiger partial charge in [-0.1, -0.05) is 11.6 Å². The summed E-state index contributed by atoms with van der Waals surface area (Å²) in [4.78, 5) is 0. The van der Waals surface area contributed by atoms with E-state index in [2.05, 4.69) is 5.10 Å². The summed E-state index contributed by atoms with van der Waals surface area (Å²) in [5.74, 6) is 0. The Bertz CT molecular complexity index is 404. The molecule has 0 fully saturated rings. The quantitative estimate of drug-likeness (QED) is 0.917. The molecule has 98 valence electrons. The topological polar surface area (TPSA) is 43.8 Å². The van der Waals surface area contributed by atoms with Gasteiger partial charge in [-0.25, -0.2) is 0 Å². The van der Waals surface area contributed by atoms with Crippen molar-refractivity contribution in [1.82, 2.24) is 9.78 Å². The fourth-order valence-corrected chi connectivity index (χ4v) is 1.67. The van der Waals surface area contributed by atoms with Crippen LogP contribution in [-0.4, -0.2) is 15.3 Å². The van der Waals surface area contributed by atoms with Gasteiger partial charge in [-0.3, -0.25) is 4.68 Å². The summed E-state index contributed by atoms with van der Waals surface area (Å²) in [5, 5.41) is 3.42. The predicted octanol–water partition coefficient (Wildman–Crippen LogP) is 2.76. The van der Waals surface area contributed by atoms with Crippen LogP contribution in [0, 0.1) is 0 Å². The predicted molar refractivity (Wildman–Crippen MR) is 59.8 cm³/mol. The van der Waals surface area contributed by atoms with Crippen molar-refractivity contribution in [3.8, 4) is 0 Å². The molecule has 1 rings (SSSR count). The average Bonchev–Trinajstić information content (AvgIpc) is 2.39. The van der Waals surface area contributed by atoms with E-state index < -0.39 is 17.4 Å². The molecule has 0 spiro atoms. The second kappa shape index (κ2) is 4.49. The lowest BCUT2D eigenvalue weighted by Crippen LogP contribution is -2.32. The number of alkyl halides is 3. The van der Waals surface area contributed by atoms with Crippen LogP contribution in [0.1, 0.15) is 31.5 Å². The van der Waals surface area contributed by atoms with Crippen LogP contribution in [0.3, 0.4) is 0 Å². The highest BCUT2D eigenvalue weighted by Gasteiger charge is 2.38. The molecule has 0 amide bonds. The molecule has 0 unspecified atom stereocenters. The van der Waals surface area contributed by atoms with Crippen molar-refractivity contribution in [2.45, 2.75) is 38.4 Å². The van der Waals surface area contributed by atoms with Gasteiger partial charge >= 0.3 is 6.18 Å². The van der Waals surface area contributed by atoms with Gasteiger partial charge in [-0.15, -0.1) is 0 Å². The van der Waals surface area contributed by atoms with Crippen LogP contribution in [0.25, 0.3) is 0 Å². The highest BCUT2D eigenvalue weighted by atomic mass is 35.5. The zero-order valence-corrected chi connectivity index (χ0v) is 10.7. The first-order chi connectivity index (χ1) is 7.52. The maximum absolute atomic E-state index is 12.7. The first-order valence-electron chi connectivity index (χ1n) is 5.10. The number of hydrogen-bond acceptors (Lipinski definition) is 2. The summed E-state index contributed by atoms with van der Waals surface area (Å²) in [6.45, 7) is 3.51. The molecule has 3 nitrogen and oxygen atoms in total. The Morgan fingerprint density at radius 2 is 1.88 bits per heavy atom. The van der Waals surface area contributed by atoms with Gasteiger partial charge in [0.15, 0.2) is 5.69 Å². The summed E-state index contributed by atoms with van der Waals surface area (Å²) in [6, 6.07) is 0. The van der Waals surface area contributed by atoms with E-state index in [9.17, 15) is 13.2 Å². The highest BCUT2D eigenvalue weighted by Crippen LogP contribution is 2.35. The molecule has 0 saturated carbocycles. The normalized spacial score (nSPS) is 13.2. The second-order valence-corrected chi connectivity index (χ2v) is 5.09. The van der Waals surface area contributed by atoms with E-state index in [1.807, 2.05) is 0 Å². The first-order valence-corrected chi connectivity index (χ1v) is 5.47. The van der Waals surface area contributed by atoms with Gasteiger partial charge < -0.3 is 5.73 Å². The average molecular weight is 270 g/mol. The van der Waals surface area contributed by atoms with Crippen molar-refractivity contribution in [3.05, 3.63) is 16.4 Å². The Labute approximate surface area is 103 Å². The van der Waals surface area contributed by atoms with E-state index in [0.717, 1.165) is 4.68 Å². The van der Waals surface area contributed by atoms with Gasteiger partial charge in [0.2, 0.25) is 0 Å². The molecular formula is C10H15ClF3N3. The largest absolute Gasteiger partial charge is 0.435 e. The number of rotatable bonds is 3. The molecule has 0 aliphatic heterocycles. The molecular weight excluding hydrogens is 255 g/mol. The molecule has 0 radical (unpaired) electrons. The maximum atomic E-state index is 12.7. The van der Waals surface area contributed by atoms with Gasteiger partial charge in [-0.2, -0.15) is 18.3 Å². The first kappa shape index (κ1) is 14.3. The lowest BCUT2D eigenvalue weighted by molar-refractivity contribution is -0.142. The van der Waals surface area contributed by atoms with E-state index >= 15 is 0 Å². The van der Waals surface area contributed by atoms with Crippen LogP contribution >= 0.6 is 11.6 Å². The standard InChI is InChI=1S/C10H15ClF3N3/c1-9(2,15)5-4-6-7(10(12,13)14)16-17(3)8(6)11/h4-5,15H2,1-3H3. The SMILES string of the molecule is Cn1nc(C(F)(F)F)c(CCC(C)(C)N)c1Cl. The van der Waals surface area contributed by atoms with Gasteiger partial charge in [0, 0.05) is 18.2 Å². The Kier molecular flexibility index (Phi) is 3.78. The molecule has 0 bridgehead atoms. The highest BCUT2D eigenvalue weighted by molar-refractivity contribution is 6.30. The van der Waals surface area contributed by atoms with E-state index in [-0.39, 0.29) is 17.1 Å². The molecule has 1 aromatic rings. The minimum atomic E-state index is -4.49. The Hall–Kier alpha value is -0.750. The minimum absolute atomic E-state index is 0.0141. The maximum Gasteiger partial charge on any atom is 0.435 e. The van der Waals surface area contributed by atoms with Crippen molar-refractivity contribution in [2.75, 3.05) is 0 Å². The minimum Gasteiger partial charge on any atom is -0.326 e. The molecule has 2 N–H and O–H groups in total. The van der Waals surface area contributed by atoms with Crippen molar-refractivity contribution in [2.24, 2.45) is 12.8 Å². The zero-order valence-electron chi connectivity index (χ0n) is 9.90. The molecule has 0 atom stereocenters. The summed E-state index contributed by atoms with van der Waals surface area (Å²) >= 11 is 5.81. The van der Waals surface area contributed by atoms with Crippen LogP contribution in [0.4, 0.5) is 13.2 Å². The van der Waals surface area contributed by atoms with Crippen LogP contribution in [0.15, 0.2) is 0 Å². The van der Waals surface area contributed by atoms with Crippen LogP contribution in [-0.2, 0) is 19.6 Å². The lowest BCUT2D eigenvalue weighted by Gasteiger charge is -2.18. The number of halogens is 4. The molecule has 1 aromatic heterocycles. The third-order valence-electron chi connectivity index (χ3n) is 2.36. The van der Waals surface area contributed by atoms with Crippen LogP contribution in [0.5, 0.6) is 0 Å². The molecule has 0 aliphatic carbocycles. The second-order valence-electron chi connectivity index (χ2n) is 4.73. The molecule has 0 saturated heterocycles. The van der Waals surface area contributed by atoms with E-state index in [1.165, 1.54) is 7.05 Å². The number of nitrogens with two attached hydrogens (primary N) is 1. The van der Waals surface area contributed by atoms with Crippen molar-refractivity contribution >= 4 is 11.6 Å². The Balaban J connectivity index is 3.05. The van der Waals surface area contributed by atoms with Crippen molar-refractivity contribution in [1.29, 1.82) is 0 Å². The van der Waals surface area contributed by atoms with Crippen LogP contribution < -0.4 is 5.73 Å². The van der Waals surface area contributed by atoms with Gasteiger partial charge in [0.25, 0.3) is 0 Å². The lowest BCUT2D eigenvalue weighted by atomic mass is 9.97. The monoisotopic (exact) mass is 269 g/mol. The third-order valence-corrected chi connectivity index (χ3v) is 2.83. The summed E-state index contributed by atoms with van der Waals surface area (Å²) in [7, 11) is 1.38. The Morgan fingerprint density at radius 1 is 1.35 bits per heavy atom. The number of nitrogens with zero attached hydrogens (tertiary/aromatic N) is 2. The summed E-state index contributed by atoms with van der Waals surface area (Å²) in [5.41, 5.74) is 4.30. The molecule has 0 aromatic carbocycles. The number of hydrogen-bond donors (Lipinski definition) is 1. The van der Waals surface area contributed by atoms with Crippen molar-refractivity contribution < 1.29 is 13.2 Å². The van der Waals surface area contributed by atoms with Crippen LogP contribution in [0.2, 0.25) is 5.15 Å². The fourth-order valence-electron chi connectivity index (χ4n) is 1.44. The van der Waals surface area contributed by atoms with E-state index in [4.69, 9.17) is 17.3 Å². The molecule has 7 heteroatoms. The molecule has 1 heterocycles. The summed E-state index contributed by atoms with van der Waals surface area (Å²) < 4.78 is 39.1. The fraction of sp³-hybridized carbons (Fsp3) is 0.700. The third kappa shape index (κ3) is 3.61. The molecule has 0 aliphatic rings. The van der Waals surface area contributed by atoms with E-state index in [0.29, 0.717) is 6.42 Å². The molecule has 17 heavy (non-hydrogen) atoms.